The zero-order valence-electron chi connectivity index (χ0n) is 21.7. The number of aliphatic hydroxyl groups is 1. The van der Waals surface area contributed by atoms with E-state index in [2.05, 4.69) is 69.7 Å². The molecule has 1 unspecified atom stereocenters. The van der Waals surface area contributed by atoms with E-state index >= 15 is 0 Å². The second-order valence-corrected chi connectivity index (χ2v) is 10.5. The van der Waals surface area contributed by atoms with Gasteiger partial charge in [-0.15, -0.1) is 0 Å². The van der Waals surface area contributed by atoms with E-state index in [-0.39, 0.29) is 0 Å². The molecular weight excluding hydrogens is 474 g/mol. The third-order valence-electron chi connectivity index (χ3n) is 7.73. The third kappa shape index (κ3) is 5.14. The minimum absolute atomic E-state index is 0.301. The number of nitrogens with zero attached hydrogens (tertiary/aromatic N) is 6. The van der Waals surface area contributed by atoms with Crippen molar-refractivity contribution in [3.8, 4) is 11.1 Å². The average Bonchev–Trinajstić information content (AvgIpc) is 3.53. The lowest BCUT2D eigenvalue weighted by molar-refractivity contribution is 0.119. The molecule has 6 rings (SSSR count). The van der Waals surface area contributed by atoms with Gasteiger partial charge in [-0.3, -0.25) is 4.68 Å². The van der Waals surface area contributed by atoms with Gasteiger partial charge in [-0.25, -0.2) is 9.50 Å². The Balaban J connectivity index is 1.21. The number of aromatic nitrogens is 5. The minimum atomic E-state index is 0.301. The van der Waals surface area contributed by atoms with Gasteiger partial charge in [0.25, 0.3) is 0 Å². The molecule has 0 bridgehead atoms. The maximum atomic E-state index is 9.51. The smallest absolute Gasteiger partial charge is 0.151 e. The van der Waals surface area contributed by atoms with Crippen LogP contribution in [0.5, 0.6) is 0 Å². The number of nitrogens with two attached hydrogens (primary N) is 1. The minimum Gasteiger partial charge on any atom is -0.396 e. The largest absolute Gasteiger partial charge is 0.396 e. The summed E-state index contributed by atoms with van der Waals surface area (Å²) >= 11 is 0. The van der Waals surface area contributed by atoms with Crippen LogP contribution in [0.4, 0.5) is 5.82 Å². The number of likely N-dealkylation sites (tertiary alicyclic amines) is 1. The number of anilines is 1. The normalized spacial score (nSPS) is 16.5. The maximum Gasteiger partial charge on any atom is 0.151 e. The Morgan fingerprint density at radius 3 is 2.82 bits per heavy atom. The SMILES string of the molecule is Nc1ncnn2c(CCCCN3CCCC(CO)C3)cc(-c3ccc4cn(Cc5ccccc5)nc4c3)c12. The van der Waals surface area contributed by atoms with Crippen LogP contribution in [-0.4, -0.2) is 60.6 Å². The second kappa shape index (κ2) is 10.9. The van der Waals surface area contributed by atoms with Crippen LogP contribution in [0, 0.1) is 5.92 Å². The Bertz CT molecular complexity index is 1520. The summed E-state index contributed by atoms with van der Waals surface area (Å²) in [7, 11) is 0. The first-order valence-electron chi connectivity index (χ1n) is 13.6. The van der Waals surface area contributed by atoms with E-state index in [1.165, 1.54) is 18.3 Å². The molecule has 0 spiro atoms. The van der Waals surface area contributed by atoms with Crippen molar-refractivity contribution < 1.29 is 5.11 Å². The summed E-state index contributed by atoms with van der Waals surface area (Å²) in [6.07, 6.45) is 9.06. The van der Waals surface area contributed by atoms with Crippen LogP contribution in [0.15, 0.2) is 67.1 Å². The Kier molecular flexibility index (Phi) is 7.07. The van der Waals surface area contributed by atoms with Gasteiger partial charge in [-0.05, 0) is 74.4 Å². The highest BCUT2D eigenvalue weighted by Gasteiger charge is 2.19. The lowest BCUT2D eigenvalue weighted by Gasteiger charge is -2.31. The first-order valence-corrected chi connectivity index (χ1v) is 13.6. The van der Waals surface area contributed by atoms with Crippen molar-refractivity contribution in [2.45, 2.75) is 38.6 Å². The van der Waals surface area contributed by atoms with Crippen LogP contribution >= 0.6 is 0 Å². The van der Waals surface area contributed by atoms with Crippen LogP contribution in [0.2, 0.25) is 0 Å². The molecule has 1 fully saturated rings. The van der Waals surface area contributed by atoms with E-state index in [4.69, 9.17) is 10.8 Å². The Morgan fingerprint density at radius 1 is 1.05 bits per heavy atom. The number of fused-ring (bicyclic) bond motifs is 2. The maximum absolute atomic E-state index is 9.51. The van der Waals surface area contributed by atoms with Gasteiger partial charge in [-0.2, -0.15) is 10.2 Å². The molecule has 1 aliphatic rings. The molecule has 0 saturated carbocycles. The third-order valence-corrected chi connectivity index (χ3v) is 7.73. The van der Waals surface area contributed by atoms with Crippen LogP contribution in [0.25, 0.3) is 27.5 Å². The van der Waals surface area contributed by atoms with Crippen LogP contribution < -0.4 is 5.73 Å². The van der Waals surface area contributed by atoms with Crippen molar-refractivity contribution in [3.05, 3.63) is 78.4 Å². The molecule has 2 aromatic carbocycles. The van der Waals surface area contributed by atoms with Crippen molar-refractivity contribution in [2.75, 3.05) is 32.0 Å². The highest BCUT2D eigenvalue weighted by atomic mass is 16.3. The fraction of sp³-hybridized carbons (Fsp3) is 0.367. The Morgan fingerprint density at radius 2 is 1.95 bits per heavy atom. The summed E-state index contributed by atoms with van der Waals surface area (Å²) in [5.74, 6) is 0.918. The van der Waals surface area contributed by atoms with Gasteiger partial charge >= 0.3 is 0 Å². The van der Waals surface area contributed by atoms with Crippen LogP contribution in [-0.2, 0) is 13.0 Å². The van der Waals surface area contributed by atoms with Crippen LogP contribution in [0.1, 0.15) is 36.9 Å². The number of hydrogen-bond acceptors (Lipinski definition) is 6. The number of rotatable bonds is 9. The number of hydrogen-bond donors (Lipinski definition) is 2. The van der Waals surface area contributed by atoms with Gasteiger partial charge in [0.15, 0.2) is 5.82 Å². The molecule has 1 saturated heterocycles. The molecule has 0 amide bonds. The van der Waals surface area contributed by atoms with Gasteiger partial charge in [0.1, 0.15) is 11.8 Å². The van der Waals surface area contributed by atoms with Crippen molar-refractivity contribution >= 4 is 22.2 Å². The average molecular weight is 510 g/mol. The number of aryl methyl sites for hydroxylation is 1. The number of nitrogen functional groups attached to an aromatic ring is 1. The lowest BCUT2D eigenvalue weighted by Crippen LogP contribution is -2.37. The molecule has 8 nitrogen and oxygen atoms in total. The molecule has 4 heterocycles. The molecule has 5 aromatic rings. The number of benzene rings is 2. The topological polar surface area (TPSA) is 97.5 Å². The van der Waals surface area contributed by atoms with E-state index in [9.17, 15) is 5.11 Å². The van der Waals surface area contributed by atoms with Gasteiger partial charge in [0, 0.05) is 36.0 Å². The molecule has 1 atom stereocenters. The highest BCUT2D eigenvalue weighted by Crippen LogP contribution is 2.32. The molecule has 38 heavy (non-hydrogen) atoms. The molecule has 0 aliphatic carbocycles. The van der Waals surface area contributed by atoms with Crippen molar-refractivity contribution in [3.63, 3.8) is 0 Å². The first kappa shape index (κ1) is 24.6. The fourth-order valence-electron chi connectivity index (χ4n) is 5.76. The molecule has 3 N–H and O–H groups in total. The summed E-state index contributed by atoms with van der Waals surface area (Å²) in [5.41, 5.74) is 12.7. The van der Waals surface area contributed by atoms with E-state index in [0.717, 1.165) is 85.1 Å². The van der Waals surface area contributed by atoms with E-state index in [1.807, 2.05) is 15.3 Å². The molecule has 8 heteroatoms. The zero-order valence-corrected chi connectivity index (χ0v) is 21.7. The fourth-order valence-corrected chi connectivity index (χ4v) is 5.76. The number of aliphatic hydroxyl groups excluding tert-OH is 1. The quantitative estimate of drug-likeness (QED) is 0.286. The van der Waals surface area contributed by atoms with E-state index < -0.39 is 0 Å². The van der Waals surface area contributed by atoms with Crippen molar-refractivity contribution in [1.29, 1.82) is 0 Å². The molecule has 3 aromatic heterocycles. The lowest BCUT2D eigenvalue weighted by atomic mass is 9.99. The highest BCUT2D eigenvalue weighted by molar-refractivity contribution is 5.92. The monoisotopic (exact) mass is 509 g/mol. The summed E-state index contributed by atoms with van der Waals surface area (Å²) in [4.78, 5) is 6.79. The molecule has 196 valence electrons. The molecule has 0 radical (unpaired) electrons. The van der Waals surface area contributed by atoms with Gasteiger partial charge in [-0.1, -0.05) is 42.5 Å². The van der Waals surface area contributed by atoms with Gasteiger partial charge in [0.05, 0.1) is 12.1 Å². The Labute approximate surface area is 222 Å². The molecule has 1 aliphatic heterocycles. The summed E-state index contributed by atoms with van der Waals surface area (Å²) < 4.78 is 3.95. The predicted molar refractivity (Wildman–Crippen MR) is 151 cm³/mol. The molecular formula is C30H35N7O. The first-order chi connectivity index (χ1) is 18.7. The summed E-state index contributed by atoms with van der Waals surface area (Å²) in [6.45, 7) is 4.27. The summed E-state index contributed by atoms with van der Waals surface area (Å²) in [6, 6.07) is 19.0. The van der Waals surface area contributed by atoms with Gasteiger partial charge < -0.3 is 15.7 Å². The van der Waals surface area contributed by atoms with Crippen molar-refractivity contribution in [2.24, 2.45) is 5.92 Å². The van der Waals surface area contributed by atoms with Crippen molar-refractivity contribution in [1.82, 2.24) is 29.3 Å². The number of unbranched alkanes of at least 4 members (excludes halogenated alkanes) is 1. The predicted octanol–water partition coefficient (Wildman–Crippen LogP) is 4.40. The van der Waals surface area contributed by atoms with Crippen LogP contribution in [0.3, 0.4) is 0 Å². The summed E-state index contributed by atoms with van der Waals surface area (Å²) in [5, 5.41) is 20.0. The number of piperidine rings is 1. The Hall–Kier alpha value is -3.75. The van der Waals surface area contributed by atoms with Gasteiger partial charge in [0.2, 0.25) is 0 Å². The van der Waals surface area contributed by atoms with E-state index in [0.29, 0.717) is 18.3 Å². The second-order valence-electron chi connectivity index (χ2n) is 10.5. The zero-order chi connectivity index (χ0) is 25.9. The van der Waals surface area contributed by atoms with E-state index in [1.54, 1.807) is 0 Å². The standard InChI is InChI=1S/C30H35N7O/c31-30-29-27(24-11-12-25-19-36(34-28(25)15-24)18-22-7-2-1-3-8-22)16-26(37(29)33-21-32-30)10-4-5-13-35-14-6-9-23(17-35)20-38/h1-3,7-8,11-12,15-16,19,21,23,38H,4-6,9-10,13-14,17-18,20H2,(H2,31,32,33).